The number of amides is 1. The van der Waals surface area contributed by atoms with Crippen LogP contribution in [0, 0.1) is 6.92 Å². The van der Waals surface area contributed by atoms with Gasteiger partial charge in [-0.25, -0.2) is 0 Å². The van der Waals surface area contributed by atoms with E-state index in [1.54, 1.807) is 6.07 Å². The summed E-state index contributed by atoms with van der Waals surface area (Å²) < 4.78 is 5.60. The summed E-state index contributed by atoms with van der Waals surface area (Å²) in [6, 6.07) is 5.50. The second-order valence-corrected chi connectivity index (χ2v) is 5.77. The van der Waals surface area contributed by atoms with Crippen LogP contribution >= 0.6 is 0 Å². The number of rotatable bonds is 6. The Balaban J connectivity index is 1.73. The Morgan fingerprint density at radius 3 is 3.00 bits per heavy atom. The number of aryl methyl sites for hydroxylation is 1. The van der Waals surface area contributed by atoms with E-state index in [0.29, 0.717) is 18.2 Å². The van der Waals surface area contributed by atoms with Gasteiger partial charge in [-0.1, -0.05) is 0 Å². The summed E-state index contributed by atoms with van der Waals surface area (Å²) >= 11 is 0. The lowest BCUT2D eigenvalue weighted by Gasteiger charge is -2.20. The predicted octanol–water partition coefficient (Wildman–Crippen LogP) is 2.02. The number of hydrogen-bond acceptors (Lipinski definition) is 4. The molecule has 3 N–H and O–H groups in total. The Bertz CT molecular complexity index is 484. The standard InChI is InChI=1S/C16H25N3O2/c1-12-10-13(17)5-6-15(12)18-16(20)7-8-19(2)11-14-4-3-9-21-14/h5-6,10,14H,3-4,7-9,11,17H2,1-2H3,(H,18,20). The number of benzene rings is 1. The highest BCUT2D eigenvalue weighted by atomic mass is 16.5. The molecular formula is C16H25N3O2. The molecule has 0 spiro atoms. The lowest BCUT2D eigenvalue weighted by molar-refractivity contribution is -0.116. The third-order valence-corrected chi connectivity index (χ3v) is 3.78. The molecule has 1 aromatic carbocycles. The smallest absolute Gasteiger partial charge is 0.225 e. The van der Waals surface area contributed by atoms with Gasteiger partial charge in [0.15, 0.2) is 0 Å². The molecule has 0 saturated carbocycles. The molecule has 0 aliphatic carbocycles. The van der Waals surface area contributed by atoms with Crippen LogP contribution in [0.3, 0.4) is 0 Å². The highest BCUT2D eigenvalue weighted by Gasteiger charge is 2.17. The molecule has 1 aliphatic rings. The van der Waals surface area contributed by atoms with Crippen LogP contribution in [-0.4, -0.2) is 43.7 Å². The van der Waals surface area contributed by atoms with Crippen molar-refractivity contribution in [1.82, 2.24) is 4.90 Å². The van der Waals surface area contributed by atoms with Crippen molar-refractivity contribution in [3.63, 3.8) is 0 Å². The van der Waals surface area contributed by atoms with E-state index < -0.39 is 0 Å². The topological polar surface area (TPSA) is 67.6 Å². The number of nitrogen functional groups attached to an aromatic ring is 1. The van der Waals surface area contributed by atoms with Gasteiger partial charge in [0, 0.05) is 37.5 Å². The van der Waals surface area contributed by atoms with E-state index in [2.05, 4.69) is 10.2 Å². The minimum absolute atomic E-state index is 0.0297. The number of likely N-dealkylation sites (N-methyl/N-ethyl adjacent to an activating group) is 1. The first-order valence-corrected chi connectivity index (χ1v) is 7.50. The Kier molecular flexibility index (Phi) is 5.59. The number of nitrogens with one attached hydrogen (secondary N) is 1. The van der Waals surface area contributed by atoms with Crippen molar-refractivity contribution in [2.24, 2.45) is 0 Å². The molecule has 0 aromatic heterocycles. The van der Waals surface area contributed by atoms with Gasteiger partial charge in [0.25, 0.3) is 0 Å². The Morgan fingerprint density at radius 2 is 2.33 bits per heavy atom. The fraction of sp³-hybridized carbons (Fsp3) is 0.562. The maximum Gasteiger partial charge on any atom is 0.225 e. The van der Waals surface area contributed by atoms with Crippen LogP contribution in [0.1, 0.15) is 24.8 Å². The molecule has 2 rings (SSSR count). The minimum Gasteiger partial charge on any atom is -0.399 e. The Labute approximate surface area is 126 Å². The van der Waals surface area contributed by atoms with Crippen LogP contribution in [0.5, 0.6) is 0 Å². The first kappa shape index (κ1) is 15.8. The van der Waals surface area contributed by atoms with Crippen LogP contribution in [0.2, 0.25) is 0 Å². The first-order chi connectivity index (χ1) is 10.0. The lowest BCUT2D eigenvalue weighted by atomic mass is 10.1. The summed E-state index contributed by atoms with van der Waals surface area (Å²) in [6.45, 7) is 4.44. The normalized spacial score (nSPS) is 18.1. The molecule has 1 unspecified atom stereocenters. The van der Waals surface area contributed by atoms with E-state index in [1.165, 1.54) is 0 Å². The summed E-state index contributed by atoms with van der Waals surface area (Å²) in [5, 5.41) is 2.93. The zero-order chi connectivity index (χ0) is 15.2. The van der Waals surface area contributed by atoms with E-state index >= 15 is 0 Å². The number of ether oxygens (including phenoxy) is 1. The summed E-state index contributed by atoms with van der Waals surface area (Å²) in [6.07, 6.45) is 3.08. The highest BCUT2D eigenvalue weighted by molar-refractivity contribution is 5.91. The molecule has 5 heteroatoms. The fourth-order valence-corrected chi connectivity index (χ4v) is 2.56. The first-order valence-electron chi connectivity index (χ1n) is 7.50. The van der Waals surface area contributed by atoms with E-state index in [4.69, 9.17) is 10.5 Å². The molecule has 1 fully saturated rings. The molecule has 1 aliphatic heterocycles. The summed E-state index contributed by atoms with van der Waals surface area (Å²) in [5.74, 6) is 0.0297. The van der Waals surface area contributed by atoms with Gasteiger partial charge in [0.05, 0.1) is 6.10 Å². The van der Waals surface area contributed by atoms with Crippen LogP contribution in [0.4, 0.5) is 11.4 Å². The van der Waals surface area contributed by atoms with Gasteiger partial charge in [-0.3, -0.25) is 4.79 Å². The number of hydrogen-bond donors (Lipinski definition) is 2. The zero-order valence-electron chi connectivity index (χ0n) is 12.9. The van der Waals surface area contributed by atoms with Gasteiger partial charge >= 0.3 is 0 Å². The summed E-state index contributed by atoms with van der Waals surface area (Å²) in [7, 11) is 2.03. The summed E-state index contributed by atoms with van der Waals surface area (Å²) in [4.78, 5) is 14.1. The third-order valence-electron chi connectivity index (χ3n) is 3.78. The van der Waals surface area contributed by atoms with Gasteiger partial charge in [-0.15, -0.1) is 0 Å². The molecule has 1 heterocycles. The van der Waals surface area contributed by atoms with E-state index in [-0.39, 0.29) is 5.91 Å². The monoisotopic (exact) mass is 291 g/mol. The maximum atomic E-state index is 12.0. The van der Waals surface area contributed by atoms with Crippen molar-refractivity contribution < 1.29 is 9.53 Å². The SMILES string of the molecule is Cc1cc(N)ccc1NC(=O)CCN(C)CC1CCCO1. The van der Waals surface area contributed by atoms with Crippen molar-refractivity contribution in [3.05, 3.63) is 23.8 Å². The second kappa shape index (κ2) is 7.43. The predicted molar refractivity (Wildman–Crippen MR) is 85.3 cm³/mol. The van der Waals surface area contributed by atoms with Gasteiger partial charge in [-0.2, -0.15) is 0 Å². The minimum atomic E-state index is 0.0297. The van der Waals surface area contributed by atoms with Crippen molar-refractivity contribution >= 4 is 17.3 Å². The number of carbonyl (C=O) groups is 1. The second-order valence-electron chi connectivity index (χ2n) is 5.77. The number of anilines is 2. The third kappa shape index (κ3) is 5.02. The Morgan fingerprint density at radius 1 is 1.52 bits per heavy atom. The van der Waals surface area contributed by atoms with Crippen molar-refractivity contribution in [3.8, 4) is 0 Å². The van der Waals surface area contributed by atoms with Crippen LogP contribution in [-0.2, 0) is 9.53 Å². The Hall–Kier alpha value is -1.59. The van der Waals surface area contributed by atoms with E-state index in [0.717, 1.165) is 43.8 Å². The lowest BCUT2D eigenvalue weighted by Crippen LogP contribution is -2.31. The van der Waals surface area contributed by atoms with E-state index in [9.17, 15) is 4.79 Å². The highest BCUT2D eigenvalue weighted by Crippen LogP contribution is 2.18. The molecule has 116 valence electrons. The van der Waals surface area contributed by atoms with Crippen LogP contribution < -0.4 is 11.1 Å². The maximum absolute atomic E-state index is 12.0. The number of carbonyl (C=O) groups excluding carboxylic acids is 1. The van der Waals surface area contributed by atoms with Crippen LogP contribution in [0.25, 0.3) is 0 Å². The largest absolute Gasteiger partial charge is 0.399 e. The molecule has 1 amide bonds. The van der Waals surface area contributed by atoms with Crippen molar-refractivity contribution in [2.75, 3.05) is 37.8 Å². The molecule has 5 nitrogen and oxygen atoms in total. The molecular weight excluding hydrogens is 266 g/mol. The molecule has 0 bridgehead atoms. The fourth-order valence-electron chi connectivity index (χ4n) is 2.56. The average Bonchev–Trinajstić information content (AvgIpc) is 2.92. The van der Waals surface area contributed by atoms with E-state index in [1.807, 2.05) is 26.1 Å². The van der Waals surface area contributed by atoms with Crippen LogP contribution in [0.15, 0.2) is 18.2 Å². The molecule has 0 radical (unpaired) electrons. The van der Waals surface area contributed by atoms with Gasteiger partial charge in [0.1, 0.15) is 0 Å². The molecule has 1 atom stereocenters. The number of nitrogens with two attached hydrogens (primary N) is 1. The zero-order valence-corrected chi connectivity index (χ0v) is 12.9. The molecule has 1 aromatic rings. The average molecular weight is 291 g/mol. The summed E-state index contributed by atoms with van der Waals surface area (Å²) in [5.41, 5.74) is 8.23. The van der Waals surface area contributed by atoms with Gasteiger partial charge < -0.3 is 20.7 Å². The quantitative estimate of drug-likeness (QED) is 0.787. The van der Waals surface area contributed by atoms with Crippen molar-refractivity contribution in [1.29, 1.82) is 0 Å². The van der Waals surface area contributed by atoms with Gasteiger partial charge in [0.2, 0.25) is 5.91 Å². The molecule has 21 heavy (non-hydrogen) atoms. The van der Waals surface area contributed by atoms with Gasteiger partial charge in [-0.05, 0) is 50.6 Å². The molecule has 1 saturated heterocycles. The number of nitrogens with zero attached hydrogens (tertiary/aromatic N) is 1. The van der Waals surface area contributed by atoms with Crippen molar-refractivity contribution in [2.45, 2.75) is 32.3 Å².